The maximum Gasteiger partial charge on any atom is 0.253 e. The van der Waals surface area contributed by atoms with Crippen molar-refractivity contribution in [3.05, 3.63) is 42.3 Å². The van der Waals surface area contributed by atoms with Crippen molar-refractivity contribution >= 4 is 5.91 Å². The highest BCUT2D eigenvalue weighted by atomic mass is 16.2. The second-order valence-electron chi connectivity index (χ2n) is 3.10. The van der Waals surface area contributed by atoms with Crippen LogP contribution in [0.25, 0.3) is 0 Å². The zero-order valence-corrected chi connectivity index (χ0v) is 8.66. The predicted octanol–water partition coefficient (Wildman–Crippen LogP) is 2.23. The van der Waals surface area contributed by atoms with E-state index in [1.54, 1.807) is 29.2 Å². The minimum absolute atomic E-state index is 0.0438. The van der Waals surface area contributed by atoms with Gasteiger partial charge in [-0.2, -0.15) is 0 Å². The Hall–Kier alpha value is -1.31. The normalized spacial score (nSPS) is 9.93. The number of rotatable bonds is 3. The van der Waals surface area contributed by atoms with Crippen LogP contribution >= 0.6 is 0 Å². The SMILES string of the molecule is [CH]c1cccc(C(=O)N(CC)CC)c1. The standard InChI is InChI=1S/C12H15NO/c1-4-13(5-2)12(14)11-8-6-7-10(3)9-11/h3,6-9H,4-5H2,1-2H3. The predicted molar refractivity (Wildman–Crippen MR) is 57.1 cm³/mol. The van der Waals surface area contributed by atoms with Gasteiger partial charge in [0.25, 0.3) is 5.91 Å². The number of carbonyl (C=O) groups is 1. The van der Waals surface area contributed by atoms with Crippen LogP contribution in [0.4, 0.5) is 0 Å². The molecule has 2 radical (unpaired) electrons. The Kier molecular flexibility index (Phi) is 3.69. The largest absolute Gasteiger partial charge is 0.339 e. The van der Waals surface area contributed by atoms with Crippen LogP contribution < -0.4 is 0 Å². The van der Waals surface area contributed by atoms with Gasteiger partial charge in [0.05, 0.1) is 0 Å². The zero-order chi connectivity index (χ0) is 10.6. The number of hydrogen-bond acceptors (Lipinski definition) is 1. The molecule has 0 heterocycles. The third-order valence-corrected chi connectivity index (χ3v) is 2.18. The molecule has 0 bridgehead atoms. The van der Waals surface area contributed by atoms with E-state index in [1.807, 2.05) is 13.8 Å². The van der Waals surface area contributed by atoms with Gasteiger partial charge in [0.2, 0.25) is 0 Å². The molecule has 0 saturated heterocycles. The molecule has 2 heteroatoms. The zero-order valence-electron chi connectivity index (χ0n) is 8.66. The molecule has 1 amide bonds. The molecule has 2 nitrogen and oxygen atoms in total. The summed E-state index contributed by atoms with van der Waals surface area (Å²) in [5, 5.41) is 0. The molecule has 1 rings (SSSR count). The van der Waals surface area contributed by atoms with Crippen LogP contribution in [0, 0.1) is 6.92 Å². The van der Waals surface area contributed by atoms with E-state index in [9.17, 15) is 4.79 Å². The first-order chi connectivity index (χ1) is 6.69. The van der Waals surface area contributed by atoms with E-state index in [0.717, 1.165) is 13.1 Å². The molecule has 14 heavy (non-hydrogen) atoms. The lowest BCUT2D eigenvalue weighted by atomic mass is 10.1. The van der Waals surface area contributed by atoms with Crippen LogP contribution in [0.5, 0.6) is 0 Å². The highest BCUT2D eigenvalue weighted by Crippen LogP contribution is 2.07. The monoisotopic (exact) mass is 189 g/mol. The van der Waals surface area contributed by atoms with Crippen LogP contribution in [0.2, 0.25) is 0 Å². The van der Waals surface area contributed by atoms with E-state index in [-0.39, 0.29) is 5.91 Å². The molecule has 0 atom stereocenters. The Morgan fingerprint density at radius 2 is 2.00 bits per heavy atom. The summed E-state index contributed by atoms with van der Waals surface area (Å²) >= 11 is 0. The number of benzene rings is 1. The van der Waals surface area contributed by atoms with E-state index < -0.39 is 0 Å². The van der Waals surface area contributed by atoms with E-state index in [2.05, 4.69) is 0 Å². The van der Waals surface area contributed by atoms with Gasteiger partial charge in [0.1, 0.15) is 0 Å². The Labute approximate surface area is 85.5 Å². The molecule has 0 aliphatic rings. The summed E-state index contributed by atoms with van der Waals surface area (Å²) < 4.78 is 0. The topological polar surface area (TPSA) is 20.3 Å². The number of amides is 1. The van der Waals surface area contributed by atoms with Gasteiger partial charge >= 0.3 is 0 Å². The molecule has 1 aromatic carbocycles. The highest BCUT2D eigenvalue weighted by Gasteiger charge is 2.11. The van der Waals surface area contributed by atoms with E-state index in [0.29, 0.717) is 11.1 Å². The van der Waals surface area contributed by atoms with Gasteiger partial charge in [0.15, 0.2) is 0 Å². The molecule has 74 valence electrons. The lowest BCUT2D eigenvalue weighted by Crippen LogP contribution is -2.30. The first-order valence-corrected chi connectivity index (χ1v) is 4.83. The molecule has 0 aliphatic carbocycles. The van der Waals surface area contributed by atoms with Crippen molar-refractivity contribution in [1.29, 1.82) is 0 Å². The smallest absolute Gasteiger partial charge is 0.253 e. The van der Waals surface area contributed by atoms with Crippen molar-refractivity contribution in [2.75, 3.05) is 13.1 Å². The molecule has 0 saturated carbocycles. The van der Waals surface area contributed by atoms with Crippen molar-refractivity contribution in [2.24, 2.45) is 0 Å². The molecule has 0 fully saturated rings. The molecule has 1 aromatic rings. The second kappa shape index (κ2) is 4.80. The van der Waals surface area contributed by atoms with Gasteiger partial charge in [-0.15, -0.1) is 0 Å². The molecule has 0 N–H and O–H groups in total. The maximum absolute atomic E-state index is 11.8. The Balaban J connectivity index is 2.88. The molecule has 0 aliphatic heterocycles. The highest BCUT2D eigenvalue weighted by molar-refractivity contribution is 5.94. The average molecular weight is 189 g/mol. The van der Waals surface area contributed by atoms with Gasteiger partial charge in [-0.1, -0.05) is 12.1 Å². The quantitative estimate of drug-likeness (QED) is 0.714. The first kappa shape index (κ1) is 10.8. The molecule has 0 spiro atoms. The van der Waals surface area contributed by atoms with Crippen LogP contribution in [-0.2, 0) is 0 Å². The molecule has 0 aromatic heterocycles. The van der Waals surface area contributed by atoms with Crippen LogP contribution in [0.1, 0.15) is 29.8 Å². The fourth-order valence-corrected chi connectivity index (χ4v) is 1.37. The van der Waals surface area contributed by atoms with Gasteiger partial charge in [0, 0.05) is 18.7 Å². The molecule has 0 unspecified atom stereocenters. The van der Waals surface area contributed by atoms with Crippen molar-refractivity contribution in [1.82, 2.24) is 4.90 Å². The molecular weight excluding hydrogens is 174 g/mol. The van der Waals surface area contributed by atoms with Crippen molar-refractivity contribution in [3.63, 3.8) is 0 Å². The summed E-state index contributed by atoms with van der Waals surface area (Å²) in [4.78, 5) is 13.6. The second-order valence-corrected chi connectivity index (χ2v) is 3.10. The lowest BCUT2D eigenvalue weighted by molar-refractivity contribution is 0.0773. The minimum atomic E-state index is 0.0438. The minimum Gasteiger partial charge on any atom is -0.339 e. The van der Waals surface area contributed by atoms with E-state index in [4.69, 9.17) is 6.92 Å². The van der Waals surface area contributed by atoms with Gasteiger partial charge in [-0.3, -0.25) is 4.79 Å². The summed E-state index contributed by atoms with van der Waals surface area (Å²) in [6, 6.07) is 7.07. The van der Waals surface area contributed by atoms with Crippen LogP contribution in [0.3, 0.4) is 0 Å². The Bertz CT molecular complexity index is 316. The Morgan fingerprint density at radius 3 is 2.50 bits per heavy atom. The summed E-state index contributed by atoms with van der Waals surface area (Å²) in [6.45, 7) is 11.0. The molecular formula is C12H15NO. The van der Waals surface area contributed by atoms with Crippen molar-refractivity contribution in [2.45, 2.75) is 13.8 Å². The summed E-state index contributed by atoms with van der Waals surface area (Å²) in [5.41, 5.74) is 1.29. The van der Waals surface area contributed by atoms with Crippen LogP contribution in [-0.4, -0.2) is 23.9 Å². The first-order valence-electron chi connectivity index (χ1n) is 4.83. The number of nitrogens with zero attached hydrogens (tertiary/aromatic N) is 1. The van der Waals surface area contributed by atoms with Gasteiger partial charge in [-0.25, -0.2) is 0 Å². The third kappa shape index (κ3) is 2.34. The maximum atomic E-state index is 11.8. The number of hydrogen-bond donors (Lipinski definition) is 0. The summed E-state index contributed by atoms with van der Waals surface area (Å²) in [6.07, 6.45) is 0. The van der Waals surface area contributed by atoms with Crippen molar-refractivity contribution < 1.29 is 4.79 Å². The van der Waals surface area contributed by atoms with Crippen molar-refractivity contribution in [3.8, 4) is 0 Å². The Morgan fingerprint density at radius 1 is 1.36 bits per heavy atom. The lowest BCUT2D eigenvalue weighted by Gasteiger charge is -2.18. The number of carbonyl (C=O) groups excluding carboxylic acids is 1. The fourth-order valence-electron chi connectivity index (χ4n) is 1.37. The average Bonchev–Trinajstić information content (AvgIpc) is 2.19. The summed E-state index contributed by atoms with van der Waals surface area (Å²) in [5.74, 6) is 0.0438. The van der Waals surface area contributed by atoms with E-state index >= 15 is 0 Å². The van der Waals surface area contributed by atoms with E-state index in [1.165, 1.54) is 0 Å². The third-order valence-electron chi connectivity index (χ3n) is 2.18. The van der Waals surface area contributed by atoms with Gasteiger partial charge < -0.3 is 4.90 Å². The van der Waals surface area contributed by atoms with Crippen LogP contribution in [0.15, 0.2) is 24.3 Å². The fraction of sp³-hybridized carbons (Fsp3) is 0.333. The van der Waals surface area contributed by atoms with Gasteiger partial charge in [-0.05, 0) is 38.5 Å². The summed E-state index contributed by atoms with van der Waals surface area (Å²) in [7, 11) is 0.